The lowest BCUT2D eigenvalue weighted by Gasteiger charge is -2.28. The highest BCUT2D eigenvalue weighted by molar-refractivity contribution is 5.90. The predicted octanol–water partition coefficient (Wildman–Crippen LogP) is 0.0952. The van der Waals surface area contributed by atoms with Crippen LogP contribution in [-0.2, 0) is 9.59 Å². The second-order valence-electron chi connectivity index (χ2n) is 5.29. The highest BCUT2D eigenvalue weighted by atomic mass is 16.2. The molecule has 2 unspecified atom stereocenters. The first-order chi connectivity index (χ1) is 7.84. The van der Waals surface area contributed by atoms with Gasteiger partial charge in [-0.15, -0.1) is 0 Å². The first kappa shape index (κ1) is 14.0. The Morgan fingerprint density at radius 3 is 2.41 bits per heavy atom. The van der Waals surface area contributed by atoms with Crippen LogP contribution in [0.4, 0.5) is 0 Å². The molecule has 0 bridgehead atoms. The molecule has 1 aliphatic rings. The van der Waals surface area contributed by atoms with E-state index in [0.717, 1.165) is 6.42 Å². The third-order valence-electron chi connectivity index (χ3n) is 3.03. The number of hydrogen-bond donors (Lipinski definition) is 2. The highest BCUT2D eigenvalue weighted by Crippen LogP contribution is 2.19. The van der Waals surface area contributed by atoms with Gasteiger partial charge in [0, 0.05) is 12.6 Å². The SMILES string of the molecule is CC(C)NC1CCN(C(C(N)=O)C(C)C)C1=O. The van der Waals surface area contributed by atoms with Gasteiger partial charge in [0.2, 0.25) is 11.8 Å². The van der Waals surface area contributed by atoms with E-state index in [-0.39, 0.29) is 23.9 Å². The van der Waals surface area contributed by atoms with Crippen molar-refractivity contribution in [1.82, 2.24) is 10.2 Å². The summed E-state index contributed by atoms with van der Waals surface area (Å²) in [6, 6.07) is -0.396. The lowest BCUT2D eigenvalue weighted by Crippen LogP contribution is -2.51. The smallest absolute Gasteiger partial charge is 0.240 e. The number of nitrogens with zero attached hydrogens (tertiary/aromatic N) is 1. The van der Waals surface area contributed by atoms with Crippen molar-refractivity contribution in [2.24, 2.45) is 11.7 Å². The van der Waals surface area contributed by atoms with Crippen LogP contribution in [0.1, 0.15) is 34.1 Å². The molecule has 0 aromatic carbocycles. The Morgan fingerprint density at radius 1 is 1.41 bits per heavy atom. The van der Waals surface area contributed by atoms with Crippen molar-refractivity contribution in [2.45, 2.75) is 52.2 Å². The van der Waals surface area contributed by atoms with Gasteiger partial charge in [-0.1, -0.05) is 27.7 Å². The molecule has 0 aliphatic carbocycles. The number of carbonyl (C=O) groups is 2. The summed E-state index contributed by atoms with van der Waals surface area (Å²) < 4.78 is 0. The second kappa shape index (κ2) is 5.49. The number of hydrogen-bond acceptors (Lipinski definition) is 3. The lowest BCUT2D eigenvalue weighted by atomic mass is 10.0. The van der Waals surface area contributed by atoms with Gasteiger partial charge in [0.15, 0.2) is 0 Å². The van der Waals surface area contributed by atoms with Crippen molar-refractivity contribution in [3.05, 3.63) is 0 Å². The molecular formula is C12H23N3O2. The maximum atomic E-state index is 12.1. The summed E-state index contributed by atoms with van der Waals surface area (Å²) in [5, 5.41) is 3.21. The normalized spacial score (nSPS) is 22.6. The number of nitrogens with two attached hydrogens (primary N) is 1. The van der Waals surface area contributed by atoms with Crippen LogP contribution >= 0.6 is 0 Å². The first-order valence-corrected chi connectivity index (χ1v) is 6.20. The van der Waals surface area contributed by atoms with Gasteiger partial charge >= 0.3 is 0 Å². The van der Waals surface area contributed by atoms with E-state index >= 15 is 0 Å². The maximum absolute atomic E-state index is 12.1. The van der Waals surface area contributed by atoms with Crippen molar-refractivity contribution in [3.8, 4) is 0 Å². The van der Waals surface area contributed by atoms with Gasteiger partial charge in [0.05, 0.1) is 6.04 Å². The zero-order chi connectivity index (χ0) is 13.2. The minimum Gasteiger partial charge on any atom is -0.368 e. The summed E-state index contributed by atoms with van der Waals surface area (Å²) in [6.07, 6.45) is 0.744. The Kier molecular flexibility index (Phi) is 4.51. The predicted molar refractivity (Wildman–Crippen MR) is 66.2 cm³/mol. The van der Waals surface area contributed by atoms with E-state index in [9.17, 15) is 9.59 Å². The molecular weight excluding hydrogens is 218 g/mol. The van der Waals surface area contributed by atoms with Crippen LogP contribution in [0.25, 0.3) is 0 Å². The molecule has 1 heterocycles. The molecule has 5 heteroatoms. The van der Waals surface area contributed by atoms with Gasteiger partial charge < -0.3 is 16.0 Å². The molecule has 17 heavy (non-hydrogen) atoms. The number of amides is 2. The van der Waals surface area contributed by atoms with Crippen molar-refractivity contribution < 1.29 is 9.59 Å². The van der Waals surface area contributed by atoms with E-state index in [4.69, 9.17) is 5.73 Å². The van der Waals surface area contributed by atoms with Crippen molar-refractivity contribution in [3.63, 3.8) is 0 Å². The zero-order valence-corrected chi connectivity index (χ0v) is 11.1. The fraction of sp³-hybridized carbons (Fsp3) is 0.833. The molecule has 0 aromatic heterocycles. The topological polar surface area (TPSA) is 75.4 Å². The summed E-state index contributed by atoms with van der Waals surface area (Å²) in [5.74, 6) is -0.371. The minimum absolute atomic E-state index is 0.00352. The van der Waals surface area contributed by atoms with E-state index in [1.807, 2.05) is 27.7 Å². The average Bonchev–Trinajstić information content (AvgIpc) is 2.48. The third kappa shape index (κ3) is 3.19. The largest absolute Gasteiger partial charge is 0.368 e. The molecule has 2 atom stereocenters. The van der Waals surface area contributed by atoms with Gasteiger partial charge in [-0.3, -0.25) is 9.59 Å². The molecule has 1 fully saturated rings. The molecule has 5 nitrogen and oxygen atoms in total. The van der Waals surface area contributed by atoms with Crippen molar-refractivity contribution in [2.75, 3.05) is 6.54 Å². The number of primary amides is 1. The Bertz CT molecular complexity index is 302. The lowest BCUT2D eigenvalue weighted by molar-refractivity contribution is -0.138. The molecule has 98 valence electrons. The molecule has 3 N–H and O–H groups in total. The molecule has 0 saturated carbocycles. The monoisotopic (exact) mass is 241 g/mol. The molecule has 0 spiro atoms. The van der Waals surface area contributed by atoms with Crippen LogP contribution in [0.3, 0.4) is 0 Å². The molecule has 1 rings (SSSR count). The standard InChI is InChI=1S/C12H23N3O2/c1-7(2)10(11(13)16)15-6-5-9(12(15)17)14-8(3)4/h7-10,14H,5-6H2,1-4H3,(H2,13,16). The molecule has 0 radical (unpaired) electrons. The number of likely N-dealkylation sites (tertiary alicyclic amines) is 1. The van der Waals surface area contributed by atoms with Crippen LogP contribution in [0.15, 0.2) is 0 Å². The van der Waals surface area contributed by atoms with E-state index in [2.05, 4.69) is 5.32 Å². The molecule has 1 aliphatic heterocycles. The Morgan fingerprint density at radius 2 is 2.00 bits per heavy atom. The summed E-state index contributed by atoms with van der Waals surface area (Å²) in [5.41, 5.74) is 5.37. The van der Waals surface area contributed by atoms with Gasteiger partial charge in [-0.05, 0) is 12.3 Å². The zero-order valence-electron chi connectivity index (χ0n) is 11.1. The summed E-state index contributed by atoms with van der Waals surface area (Å²) >= 11 is 0. The van der Waals surface area contributed by atoms with Crippen LogP contribution < -0.4 is 11.1 Å². The van der Waals surface area contributed by atoms with E-state index < -0.39 is 11.9 Å². The number of carbonyl (C=O) groups excluding carboxylic acids is 2. The Hall–Kier alpha value is -1.10. The fourth-order valence-electron chi connectivity index (χ4n) is 2.38. The second-order valence-corrected chi connectivity index (χ2v) is 5.29. The number of rotatable bonds is 5. The third-order valence-corrected chi connectivity index (χ3v) is 3.03. The van der Waals surface area contributed by atoms with Gasteiger partial charge in [-0.25, -0.2) is 0 Å². The van der Waals surface area contributed by atoms with Crippen molar-refractivity contribution >= 4 is 11.8 Å². The van der Waals surface area contributed by atoms with Crippen LogP contribution in [-0.4, -0.2) is 41.4 Å². The van der Waals surface area contributed by atoms with Crippen molar-refractivity contribution in [1.29, 1.82) is 0 Å². The number of nitrogens with one attached hydrogen (secondary N) is 1. The summed E-state index contributed by atoms with van der Waals surface area (Å²) in [4.78, 5) is 25.2. The highest BCUT2D eigenvalue weighted by Gasteiger charge is 2.39. The van der Waals surface area contributed by atoms with E-state index in [1.54, 1.807) is 4.90 Å². The summed E-state index contributed by atoms with van der Waals surface area (Å²) in [7, 11) is 0. The van der Waals surface area contributed by atoms with E-state index in [1.165, 1.54) is 0 Å². The molecule has 0 aromatic rings. The summed E-state index contributed by atoms with van der Waals surface area (Å²) in [6.45, 7) is 8.43. The first-order valence-electron chi connectivity index (χ1n) is 6.20. The molecule has 1 saturated heterocycles. The Labute approximate surface area is 103 Å². The Balaban J connectivity index is 2.74. The van der Waals surface area contributed by atoms with Gasteiger partial charge in [-0.2, -0.15) is 0 Å². The average molecular weight is 241 g/mol. The van der Waals surface area contributed by atoms with Gasteiger partial charge in [0.1, 0.15) is 6.04 Å². The van der Waals surface area contributed by atoms with Crippen LogP contribution in [0.2, 0.25) is 0 Å². The maximum Gasteiger partial charge on any atom is 0.240 e. The quantitative estimate of drug-likeness (QED) is 0.716. The minimum atomic E-state index is -0.485. The van der Waals surface area contributed by atoms with Gasteiger partial charge in [0.25, 0.3) is 0 Å². The van der Waals surface area contributed by atoms with Crippen LogP contribution in [0, 0.1) is 5.92 Å². The van der Waals surface area contributed by atoms with E-state index in [0.29, 0.717) is 6.54 Å². The fourth-order valence-corrected chi connectivity index (χ4v) is 2.38. The molecule has 2 amide bonds. The van der Waals surface area contributed by atoms with Crippen LogP contribution in [0.5, 0.6) is 0 Å².